The van der Waals surface area contributed by atoms with Gasteiger partial charge in [-0.1, -0.05) is 37.3 Å². The molecule has 0 heterocycles. The number of rotatable bonds is 5. The van der Waals surface area contributed by atoms with Gasteiger partial charge in [0, 0.05) is 11.7 Å². The Morgan fingerprint density at radius 3 is 2.48 bits per heavy atom. The third-order valence-corrected chi connectivity index (χ3v) is 4.64. The molecule has 1 unspecified atom stereocenters. The Bertz CT molecular complexity index is 718. The van der Waals surface area contributed by atoms with Gasteiger partial charge in [0.2, 0.25) is 10.0 Å². The third-order valence-electron chi connectivity index (χ3n) is 3.15. The summed E-state index contributed by atoms with van der Waals surface area (Å²) < 4.78 is 41.0. The van der Waals surface area contributed by atoms with Gasteiger partial charge in [0.1, 0.15) is 10.7 Å². The average Bonchev–Trinajstić information content (AvgIpc) is 2.48. The molecular formula is C15H17FN2O2S. The molecule has 0 aromatic heterocycles. The van der Waals surface area contributed by atoms with Gasteiger partial charge in [0.15, 0.2) is 0 Å². The Balaban J connectivity index is 2.34. The molecule has 4 nitrogen and oxygen atoms in total. The standard InChI is InChI=1S/C15H17FN2O2S/c1-2-14(11-6-4-3-5-7-11)18-21(19,20)15-10-12(17)8-9-13(15)16/h3-10,14,18H,2,17H2,1H3. The second kappa shape index (κ2) is 6.24. The fourth-order valence-electron chi connectivity index (χ4n) is 2.05. The lowest BCUT2D eigenvalue weighted by molar-refractivity contribution is 0.535. The minimum absolute atomic E-state index is 0.199. The van der Waals surface area contributed by atoms with Gasteiger partial charge in [-0.3, -0.25) is 0 Å². The Morgan fingerprint density at radius 2 is 1.86 bits per heavy atom. The van der Waals surface area contributed by atoms with Crippen LogP contribution < -0.4 is 10.5 Å². The number of hydrogen-bond acceptors (Lipinski definition) is 3. The minimum atomic E-state index is -3.98. The molecule has 2 aromatic rings. The van der Waals surface area contributed by atoms with Crippen molar-refractivity contribution in [2.24, 2.45) is 0 Å². The van der Waals surface area contributed by atoms with E-state index in [-0.39, 0.29) is 5.69 Å². The average molecular weight is 308 g/mol. The molecule has 0 bridgehead atoms. The number of sulfonamides is 1. The molecule has 0 aliphatic carbocycles. The summed E-state index contributed by atoms with van der Waals surface area (Å²) in [6.45, 7) is 1.86. The van der Waals surface area contributed by atoms with Crippen molar-refractivity contribution in [1.29, 1.82) is 0 Å². The quantitative estimate of drug-likeness (QED) is 0.834. The van der Waals surface area contributed by atoms with Crippen molar-refractivity contribution in [1.82, 2.24) is 4.72 Å². The van der Waals surface area contributed by atoms with Crippen molar-refractivity contribution in [3.05, 3.63) is 59.9 Å². The fraction of sp³-hybridized carbons (Fsp3) is 0.200. The van der Waals surface area contributed by atoms with Gasteiger partial charge in [-0.15, -0.1) is 0 Å². The van der Waals surface area contributed by atoms with Crippen LogP contribution in [0.1, 0.15) is 24.9 Å². The summed E-state index contributed by atoms with van der Waals surface area (Å²) in [4.78, 5) is -0.433. The number of anilines is 1. The van der Waals surface area contributed by atoms with Crippen LogP contribution in [0.4, 0.5) is 10.1 Å². The summed E-state index contributed by atoms with van der Waals surface area (Å²) >= 11 is 0. The maximum atomic E-state index is 13.7. The van der Waals surface area contributed by atoms with Gasteiger partial charge in [-0.25, -0.2) is 17.5 Å². The lowest BCUT2D eigenvalue weighted by Crippen LogP contribution is -2.29. The van der Waals surface area contributed by atoms with Crippen LogP contribution in [0.3, 0.4) is 0 Å². The first-order valence-electron chi connectivity index (χ1n) is 6.56. The van der Waals surface area contributed by atoms with E-state index in [1.165, 1.54) is 6.07 Å². The maximum absolute atomic E-state index is 13.7. The molecular weight excluding hydrogens is 291 g/mol. The van der Waals surface area contributed by atoms with E-state index in [1.54, 1.807) is 0 Å². The Kier molecular flexibility index (Phi) is 4.59. The van der Waals surface area contributed by atoms with Crippen LogP contribution in [-0.2, 0) is 10.0 Å². The zero-order valence-corrected chi connectivity index (χ0v) is 12.4. The number of benzene rings is 2. The summed E-state index contributed by atoms with van der Waals surface area (Å²) in [7, 11) is -3.98. The van der Waals surface area contributed by atoms with Gasteiger partial charge >= 0.3 is 0 Å². The lowest BCUT2D eigenvalue weighted by atomic mass is 10.1. The zero-order chi connectivity index (χ0) is 15.5. The summed E-state index contributed by atoms with van der Waals surface area (Å²) in [6.07, 6.45) is 0.549. The number of nitrogens with two attached hydrogens (primary N) is 1. The second-order valence-electron chi connectivity index (χ2n) is 4.68. The number of hydrogen-bond donors (Lipinski definition) is 2. The highest BCUT2D eigenvalue weighted by molar-refractivity contribution is 7.89. The molecule has 0 amide bonds. The molecule has 3 N–H and O–H groups in total. The molecule has 1 atom stereocenters. The molecule has 0 spiro atoms. The molecule has 112 valence electrons. The van der Waals surface area contributed by atoms with Crippen LogP contribution in [0, 0.1) is 5.82 Å². The predicted octanol–water partition coefficient (Wildman–Crippen LogP) is 2.84. The molecule has 6 heteroatoms. The third kappa shape index (κ3) is 3.59. The van der Waals surface area contributed by atoms with E-state index in [1.807, 2.05) is 37.3 Å². The molecule has 0 fully saturated rings. The predicted molar refractivity (Wildman–Crippen MR) is 80.6 cm³/mol. The molecule has 0 saturated heterocycles. The fourth-order valence-corrected chi connectivity index (χ4v) is 3.47. The monoisotopic (exact) mass is 308 g/mol. The number of halogens is 1. The normalized spacial score (nSPS) is 13.0. The second-order valence-corrected chi connectivity index (χ2v) is 6.37. The Hall–Kier alpha value is -1.92. The minimum Gasteiger partial charge on any atom is -0.399 e. The summed E-state index contributed by atoms with van der Waals surface area (Å²) in [5, 5.41) is 0. The number of nitrogen functional groups attached to an aromatic ring is 1. The van der Waals surface area contributed by atoms with E-state index < -0.39 is 26.8 Å². The van der Waals surface area contributed by atoms with Gasteiger partial charge in [-0.05, 0) is 30.2 Å². The van der Waals surface area contributed by atoms with E-state index in [9.17, 15) is 12.8 Å². The van der Waals surface area contributed by atoms with E-state index in [0.717, 1.165) is 17.7 Å². The van der Waals surface area contributed by atoms with Gasteiger partial charge in [-0.2, -0.15) is 0 Å². The topological polar surface area (TPSA) is 72.2 Å². The van der Waals surface area contributed by atoms with Crippen molar-refractivity contribution >= 4 is 15.7 Å². The van der Waals surface area contributed by atoms with E-state index in [0.29, 0.717) is 6.42 Å². The van der Waals surface area contributed by atoms with Gasteiger partial charge in [0.25, 0.3) is 0 Å². The Morgan fingerprint density at radius 1 is 1.19 bits per heavy atom. The highest BCUT2D eigenvalue weighted by atomic mass is 32.2. The van der Waals surface area contributed by atoms with Crippen LogP contribution in [0.2, 0.25) is 0 Å². The molecule has 0 aliphatic rings. The van der Waals surface area contributed by atoms with Crippen molar-refractivity contribution in [2.75, 3.05) is 5.73 Å². The van der Waals surface area contributed by atoms with Crippen molar-refractivity contribution in [2.45, 2.75) is 24.3 Å². The first-order chi connectivity index (χ1) is 9.94. The van der Waals surface area contributed by atoms with E-state index in [4.69, 9.17) is 5.73 Å². The zero-order valence-electron chi connectivity index (χ0n) is 11.6. The molecule has 0 aliphatic heterocycles. The summed E-state index contributed by atoms with van der Waals surface area (Å²) in [5.74, 6) is -0.820. The van der Waals surface area contributed by atoms with Crippen molar-refractivity contribution < 1.29 is 12.8 Å². The van der Waals surface area contributed by atoms with Crippen LogP contribution in [0.5, 0.6) is 0 Å². The summed E-state index contributed by atoms with van der Waals surface area (Å²) in [6, 6.07) is 12.2. The van der Waals surface area contributed by atoms with Crippen LogP contribution in [0.25, 0.3) is 0 Å². The lowest BCUT2D eigenvalue weighted by Gasteiger charge is -2.18. The van der Waals surface area contributed by atoms with E-state index in [2.05, 4.69) is 4.72 Å². The van der Waals surface area contributed by atoms with Crippen LogP contribution in [0.15, 0.2) is 53.4 Å². The molecule has 0 saturated carbocycles. The highest BCUT2D eigenvalue weighted by Gasteiger charge is 2.23. The SMILES string of the molecule is CCC(NS(=O)(=O)c1cc(N)ccc1F)c1ccccc1. The largest absolute Gasteiger partial charge is 0.399 e. The first-order valence-corrected chi connectivity index (χ1v) is 8.04. The first kappa shape index (κ1) is 15.5. The van der Waals surface area contributed by atoms with Crippen LogP contribution in [-0.4, -0.2) is 8.42 Å². The molecule has 0 radical (unpaired) electrons. The van der Waals surface area contributed by atoms with Crippen molar-refractivity contribution in [3.63, 3.8) is 0 Å². The van der Waals surface area contributed by atoms with Crippen LogP contribution >= 0.6 is 0 Å². The highest BCUT2D eigenvalue weighted by Crippen LogP contribution is 2.22. The number of nitrogens with one attached hydrogen (secondary N) is 1. The molecule has 2 aromatic carbocycles. The molecule has 2 rings (SSSR count). The van der Waals surface area contributed by atoms with Gasteiger partial charge in [0.05, 0.1) is 0 Å². The summed E-state index contributed by atoms with van der Waals surface area (Å²) in [5.41, 5.74) is 6.57. The smallest absolute Gasteiger partial charge is 0.244 e. The maximum Gasteiger partial charge on any atom is 0.244 e. The van der Waals surface area contributed by atoms with Crippen molar-refractivity contribution in [3.8, 4) is 0 Å². The Labute approximate surface area is 123 Å². The van der Waals surface area contributed by atoms with E-state index >= 15 is 0 Å². The molecule has 21 heavy (non-hydrogen) atoms. The van der Waals surface area contributed by atoms with Gasteiger partial charge < -0.3 is 5.73 Å².